The van der Waals surface area contributed by atoms with Crippen LogP contribution in [0.2, 0.25) is 0 Å². The molecule has 0 saturated heterocycles. The summed E-state index contributed by atoms with van der Waals surface area (Å²) in [5.41, 5.74) is 1.64. The van der Waals surface area contributed by atoms with Gasteiger partial charge in [-0.2, -0.15) is 0 Å². The van der Waals surface area contributed by atoms with Gasteiger partial charge in [-0.05, 0) is 30.7 Å². The molecule has 2 radical (unpaired) electrons. The highest BCUT2D eigenvalue weighted by atomic mass is 16.5. The third-order valence-corrected chi connectivity index (χ3v) is 2.94. The van der Waals surface area contributed by atoms with Crippen molar-refractivity contribution in [2.24, 2.45) is 0 Å². The van der Waals surface area contributed by atoms with E-state index in [-0.39, 0.29) is 12.4 Å². The molecule has 0 spiro atoms. The molecule has 110 valence electrons. The molecule has 4 nitrogen and oxygen atoms in total. The summed E-state index contributed by atoms with van der Waals surface area (Å²) >= 11 is 0. The minimum Gasteiger partial charge on any atom is -0.466 e. The summed E-state index contributed by atoms with van der Waals surface area (Å²) in [6.45, 7) is 2.11. The van der Waals surface area contributed by atoms with Crippen LogP contribution in [0.1, 0.15) is 22.8 Å². The summed E-state index contributed by atoms with van der Waals surface area (Å²) in [4.78, 5) is 22.6. The number of hydrogen-bond acceptors (Lipinski definition) is 4. The molecular weight excluding hydrogens is 279 g/mol. The third kappa shape index (κ3) is 4.22. The standard InChI is InChI=1S/C17H15BO4/c1-2-21-17(20)9-12-4-3-5-15(8-12)22-16-7-6-14(18)10-13(16)11-19/h3-8,10-11H,2,9H2,1H3. The molecule has 0 fully saturated rings. The van der Waals surface area contributed by atoms with Crippen molar-refractivity contribution < 1.29 is 19.1 Å². The summed E-state index contributed by atoms with van der Waals surface area (Å²) in [6.07, 6.45) is 0.863. The van der Waals surface area contributed by atoms with Gasteiger partial charge in [0.05, 0.1) is 18.6 Å². The van der Waals surface area contributed by atoms with Crippen molar-refractivity contribution in [1.82, 2.24) is 0 Å². The van der Waals surface area contributed by atoms with Crippen molar-refractivity contribution in [2.75, 3.05) is 6.61 Å². The Morgan fingerprint density at radius 2 is 2.05 bits per heavy atom. The number of rotatable bonds is 6. The zero-order valence-corrected chi connectivity index (χ0v) is 12.2. The lowest BCUT2D eigenvalue weighted by Gasteiger charge is -2.10. The Balaban J connectivity index is 2.17. The van der Waals surface area contributed by atoms with Gasteiger partial charge in [0.25, 0.3) is 0 Å². The summed E-state index contributed by atoms with van der Waals surface area (Å²) in [7, 11) is 5.64. The van der Waals surface area contributed by atoms with E-state index in [9.17, 15) is 9.59 Å². The first-order chi connectivity index (χ1) is 10.6. The number of esters is 1. The van der Waals surface area contributed by atoms with Crippen molar-refractivity contribution in [3.05, 3.63) is 53.6 Å². The van der Waals surface area contributed by atoms with Crippen molar-refractivity contribution in [2.45, 2.75) is 13.3 Å². The fourth-order valence-corrected chi connectivity index (χ4v) is 1.98. The maximum absolute atomic E-state index is 11.5. The minimum absolute atomic E-state index is 0.174. The van der Waals surface area contributed by atoms with Crippen molar-refractivity contribution in [3.63, 3.8) is 0 Å². The van der Waals surface area contributed by atoms with Crippen LogP contribution in [0.15, 0.2) is 42.5 Å². The van der Waals surface area contributed by atoms with Crippen LogP contribution in [0.3, 0.4) is 0 Å². The molecule has 0 aliphatic carbocycles. The van der Waals surface area contributed by atoms with E-state index in [1.807, 2.05) is 6.07 Å². The third-order valence-electron chi connectivity index (χ3n) is 2.94. The van der Waals surface area contributed by atoms with Gasteiger partial charge in [0.2, 0.25) is 0 Å². The largest absolute Gasteiger partial charge is 0.466 e. The van der Waals surface area contributed by atoms with E-state index in [4.69, 9.17) is 17.3 Å². The Kier molecular flexibility index (Phi) is 5.36. The first-order valence-electron chi connectivity index (χ1n) is 6.89. The number of ether oxygens (including phenoxy) is 2. The highest BCUT2D eigenvalue weighted by Crippen LogP contribution is 2.24. The van der Waals surface area contributed by atoms with E-state index < -0.39 is 0 Å². The van der Waals surface area contributed by atoms with Crippen molar-refractivity contribution >= 4 is 25.6 Å². The van der Waals surface area contributed by atoms with Crippen LogP contribution in [-0.4, -0.2) is 26.7 Å². The van der Waals surface area contributed by atoms with Gasteiger partial charge >= 0.3 is 5.97 Å². The van der Waals surface area contributed by atoms with Crippen LogP contribution in [0.5, 0.6) is 11.5 Å². The molecule has 0 N–H and O–H groups in total. The summed E-state index contributed by atoms with van der Waals surface area (Å²) < 4.78 is 10.6. The molecule has 2 aromatic rings. The molecule has 2 rings (SSSR count). The minimum atomic E-state index is -0.291. The predicted octanol–water partition coefficient (Wildman–Crippen LogP) is 2.19. The number of carbonyl (C=O) groups is 2. The average molecular weight is 294 g/mol. The smallest absolute Gasteiger partial charge is 0.310 e. The molecule has 0 aromatic heterocycles. The van der Waals surface area contributed by atoms with E-state index in [0.717, 1.165) is 5.56 Å². The van der Waals surface area contributed by atoms with E-state index in [2.05, 4.69) is 0 Å². The lowest BCUT2D eigenvalue weighted by molar-refractivity contribution is -0.142. The molecule has 0 atom stereocenters. The Morgan fingerprint density at radius 1 is 1.23 bits per heavy atom. The lowest BCUT2D eigenvalue weighted by Crippen LogP contribution is -2.07. The first-order valence-corrected chi connectivity index (χ1v) is 6.89. The summed E-state index contributed by atoms with van der Waals surface area (Å²) in [6, 6.07) is 11.9. The van der Waals surface area contributed by atoms with Crippen LogP contribution < -0.4 is 10.2 Å². The predicted molar refractivity (Wildman–Crippen MR) is 84.1 cm³/mol. The Hall–Kier alpha value is -2.56. The Morgan fingerprint density at radius 3 is 2.77 bits per heavy atom. The molecular formula is C17H15BO4. The second-order valence-corrected chi connectivity index (χ2v) is 4.65. The molecule has 0 unspecified atom stereocenters. The lowest BCUT2D eigenvalue weighted by atomic mass is 9.94. The fraction of sp³-hybridized carbons (Fsp3) is 0.176. The molecule has 0 amide bonds. The fourth-order valence-electron chi connectivity index (χ4n) is 1.98. The molecule has 0 bridgehead atoms. The quantitative estimate of drug-likeness (QED) is 0.465. The second-order valence-electron chi connectivity index (χ2n) is 4.65. The number of carbonyl (C=O) groups excluding carboxylic acids is 2. The zero-order valence-electron chi connectivity index (χ0n) is 12.2. The molecule has 5 heteroatoms. The second kappa shape index (κ2) is 7.45. The van der Waals surface area contributed by atoms with E-state index in [1.54, 1.807) is 43.3 Å². The molecule has 2 aromatic carbocycles. The SMILES string of the molecule is [B]c1ccc(Oc2cccc(CC(=O)OCC)c2)c(C=O)c1. The van der Waals surface area contributed by atoms with Crippen LogP contribution in [0, 0.1) is 0 Å². The number of benzene rings is 2. The summed E-state index contributed by atoms with van der Waals surface area (Å²) in [5, 5.41) is 0. The van der Waals surface area contributed by atoms with Crippen LogP contribution >= 0.6 is 0 Å². The highest BCUT2D eigenvalue weighted by Gasteiger charge is 2.07. The Bertz CT molecular complexity index is 682. The van der Waals surface area contributed by atoms with Gasteiger partial charge in [-0.3, -0.25) is 9.59 Å². The molecule has 0 heterocycles. The van der Waals surface area contributed by atoms with E-state index in [0.29, 0.717) is 35.4 Å². The van der Waals surface area contributed by atoms with Crippen LogP contribution in [0.4, 0.5) is 0 Å². The van der Waals surface area contributed by atoms with Gasteiger partial charge in [-0.15, -0.1) is 0 Å². The maximum Gasteiger partial charge on any atom is 0.310 e. The average Bonchev–Trinajstić information content (AvgIpc) is 2.49. The van der Waals surface area contributed by atoms with Gasteiger partial charge in [-0.25, -0.2) is 0 Å². The van der Waals surface area contributed by atoms with Crippen LogP contribution in [0.25, 0.3) is 0 Å². The van der Waals surface area contributed by atoms with Crippen molar-refractivity contribution in [3.8, 4) is 11.5 Å². The first kappa shape index (κ1) is 15.8. The molecule has 0 aliphatic heterocycles. The monoisotopic (exact) mass is 294 g/mol. The highest BCUT2D eigenvalue weighted by molar-refractivity contribution is 6.32. The molecule has 0 aliphatic rings. The maximum atomic E-state index is 11.5. The van der Waals surface area contributed by atoms with Crippen molar-refractivity contribution in [1.29, 1.82) is 0 Å². The number of aldehydes is 1. The summed E-state index contributed by atoms with van der Waals surface area (Å²) in [5.74, 6) is 0.660. The molecule has 0 saturated carbocycles. The van der Waals surface area contributed by atoms with Gasteiger partial charge < -0.3 is 9.47 Å². The van der Waals surface area contributed by atoms with E-state index >= 15 is 0 Å². The van der Waals surface area contributed by atoms with Crippen LogP contribution in [-0.2, 0) is 16.0 Å². The zero-order chi connectivity index (χ0) is 15.9. The van der Waals surface area contributed by atoms with E-state index in [1.165, 1.54) is 0 Å². The van der Waals surface area contributed by atoms with Gasteiger partial charge in [0, 0.05) is 0 Å². The van der Waals surface area contributed by atoms with Gasteiger partial charge in [0.15, 0.2) is 6.29 Å². The topological polar surface area (TPSA) is 52.6 Å². The number of hydrogen-bond donors (Lipinski definition) is 0. The van der Waals surface area contributed by atoms with Gasteiger partial charge in [0.1, 0.15) is 19.3 Å². The van der Waals surface area contributed by atoms with Gasteiger partial charge in [-0.1, -0.05) is 29.7 Å². The molecule has 22 heavy (non-hydrogen) atoms. The normalized spacial score (nSPS) is 10.0. The Labute approximate surface area is 130 Å².